The summed E-state index contributed by atoms with van der Waals surface area (Å²) in [7, 11) is 0. The third kappa shape index (κ3) is 4.28. The topological polar surface area (TPSA) is 0 Å². The Kier molecular flexibility index (Phi) is 5.20. The summed E-state index contributed by atoms with van der Waals surface area (Å²) < 4.78 is 0.896. The fourth-order valence-corrected chi connectivity index (χ4v) is 4.95. The second-order valence-electron chi connectivity index (χ2n) is 4.22. The Bertz CT molecular complexity index is 227. The highest BCUT2D eigenvalue weighted by Crippen LogP contribution is 2.36. The first-order valence-electron chi connectivity index (χ1n) is 6.00. The molecule has 0 aromatic carbocycles. The minimum atomic E-state index is 0.809. The molecule has 1 heterocycles. The van der Waals surface area contributed by atoms with Gasteiger partial charge in [0.1, 0.15) is 0 Å². The molecule has 2 rings (SSSR count). The van der Waals surface area contributed by atoms with Crippen LogP contribution in [0.2, 0.25) is 0 Å². The maximum absolute atomic E-state index is 2.45. The smallest absolute Gasteiger partial charge is 0.0503 e. The van der Waals surface area contributed by atoms with Crippen molar-refractivity contribution in [2.75, 3.05) is 11.5 Å². The quantitative estimate of drug-likeness (QED) is 0.667. The van der Waals surface area contributed by atoms with Gasteiger partial charge in [0.05, 0.1) is 4.58 Å². The highest BCUT2D eigenvalue weighted by atomic mass is 32.2. The van der Waals surface area contributed by atoms with Crippen molar-refractivity contribution in [3.63, 3.8) is 0 Å². The average Bonchev–Trinajstić information content (AvgIpc) is 2.68. The fraction of sp³-hybridized carbons (Fsp3) is 0.692. The van der Waals surface area contributed by atoms with Crippen molar-refractivity contribution in [3.05, 3.63) is 24.3 Å². The van der Waals surface area contributed by atoms with Crippen molar-refractivity contribution in [1.29, 1.82) is 0 Å². The lowest BCUT2D eigenvalue weighted by molar-refractivity contribution is 0.581. The molecule has 1 aliphatic carbocycles. The van der Waals surface area contributed by atoms with Gasteiger partial charge in [0.2, 0.25) is 0 Å². The Morgan fingerprint density at radius 2 is 1.73 bits per heavy atom. The van der Waals surface area contributed by atoms with Crippen molar-refractivity contribution in [2.45, 2.75) is 36.7 Å². The van der Waals surface area contributed by atoms with E-state index in [1.807, 2.05) is 0 Å². The third-order valence-corrected chi connectivity index (χ3v) is 6.15. The minimum Gasteiger partial charge on any atom is -0.147 e. The number of thioether (sulfide) groups is 2. The SMILES string of the molecule is C1=C\C[C@@H](CCC2SCCS2)/C=C\CC/1. The lowest BCUT2D eigenvalue weighted by atomic mass is 9.96. The molecule has 0 aromatic heterocycles. The molecule has 0 amide bonds. The van der Waals surface area contributed by atoms with Gasteiger partial charge in [-0.1, -0.05) is 24.3 Å². The van der Waals surface area contributed by atoms with E-state index in [4.69, 9.17) is 0 Å². The molecule has 0 saturated carbocycles. The maximum atomic E-state index is 2.45. The zero-order chi connectivity index (χ0) is 10.3. The number of hydrogen-bond donors (Lipinski definition) is 0. The summed E-state index contributed by atoms with van der Waals surface area (Å²) in [5.41, 5.74) is 0. The van der Waals surface area contributed by atoms with Crippen molar-refractivity contribution >= 4 is 23.5 Å². The Morgan fingerprint density at radius 3 is 2.60 bits per heavy atom. The van der Waals surface area contributed by atoms with E-state index in [1.54, 1.807) is 0 Å². The summed E-state index contributed by atoms with van der Waals surface area (Å²) >= 11 is 4.32. The first-order chi connectivity index (χ1) is 7.45. The molecule has 2 heteroatoms. The van der Waals surface area contributed by atoms with E-state index >= 15 is 0 Å². The Morgan fingerprint density at radius 1 is 0.933 bits per heavy atom. The van der Waals surface area contributed by atoms with Crippen molar-refractivity contribution in [3.8, 4) is 0 Å². The summed E-state index contributed by atoms with van der Waals surface area (Å²) in [5.74, 6) is 3.55. The van der Waals surface area contributed by atoms with Gasteiger partial charge in [-0.3, -0.25) is 0 Å². The maximum Gasteiger partial charge on any atom is 0.0503 e. The van der Waals surface area contributed by atoms with Gasteiger partial charge in [-0.05, 0) is 38.0 Å². The van der Waals surface area contributed by atoms with Crippen LogP contribution in [-0.2, 0) is 0 Å². The molecular formula is C13H20S2. The van der Waals surface area contributed by atoms with Crippen LogP contribution in [0.25, 0.3) is 0 Å². The zero-order valence-corrected chi connectivity index (χ0v) is 10.9. The van der Waals surface area contributed by atoms with Crippen LogP contribution >= 0.6 is 23.5 Å². The largest absolute Gasteiger partial charge is 0.147 e. The molecule has 2 aliphatic rings. The molecule has 0 bridgehead atoms. The minimum absolute atomic E-state index is 0.809. The summed E-state index contributed by atoms with van der Waals surface area (Å²) in [6.07, 6.45) is 16.1. The predicted molar refractivity (Wildman–Crippen MR) is 73.6 cm³/mol. The molecule has 1 aliphatic heterocycles. The van der Waals surface area contributed by atoms with Gasteiger partial charge in [0, 0.05) is 11.5 Å². The molecule has 0 unspecified atom stereocenters. The number of rotatable bonds is 3. The standard InChI is InChI=1S/C13H20S2/c1-2-4-6-12(7-5-3-1)8-9-13-14-10-11-15-13/h2,4-5,7,12-13H,1,3,6,8-11H2/b4-2-,7-5-/t12-/m1/s1. The number of hydrogen-bond acceptors (Lipinski definition) is 2. The van der Waals surface area contributed by atoms with Crippen LogP contribution in [0.3, 0.4) is 0 Å². The molecule has 15 heavy (non-hydrogen) atoms. The molecule has 0 nitrogen and oxygen atoms in total. The van der Waals surface area contributed by atoms with Gasteiger partial charge in [-0.25, -0.2) is 0 Å². The van der Waals surface area contributed by atoms with Gasteiger partial charge in [-0.15, -0.1) is 23.5 Å². The Labute approximate surface area is 102 Å². The Hall–Kier alpha value is 0.180. The predicted octanol–water partition coefficient (Wildman–Crippen LogP) is 4.49. The van der Waals surface area contributed by atoms with E-state index in [2.05, 4.69) is 47.8 Å². The van der Waals surface area contributed by atoms with Crippen LogP contribution < -0.4 is 0 Å². The fourth-order valence-electron chi connectivity index (χ4n) is 2.09. The second kappa shape index (κ2) is 6.70. The lowest BCUT2D eigenvalue weighted by Gasteiger charge is -2.14. The highest BCUT2D eigenvalue weighted by molar-refractivity contribution is 8.20. The molecule has 1 atom stereocenters. The van der Waals surface area contributed by atoms with Crippen LogP contribution in [-0.4, -0.2) is 16.1 Å². The summed E-state index contributed by atoms with van der Waals surface area (Å²) in [6.45, 7) is 0. The van der Waals surface area contributed by atoms with Crippen LogP contribution in [0.1, 0.15) is 32.1 Å². The van der Waals surface area contributed by atoms with E-state index in [-0.39, 0.29) is 0 Å². The van der Waals surface area contributed by atoms with Crippen LogP contribution in [0.4, 0.5) is 0 Å². The van der Waals surface area contributed by atoms with Gasteiger partial charge < -0.3 is 0 Å². The van der Waals surface area contributed by atoms with Crippen LogP contribution in [0.5, 0.6) is 0 Å². The Balaban J connectivity index is 1.71. The van der Waals surface area contributed by atoms with Crippen molar-refractivity contribution < 1.29 is 0 Å². The van der Waals surface area contributed by atoms with E-state index in [0.29, 0.717) is 0 Å². The molecule has 0 spiro atoms. The number of allylic oxidation sites excluding steroid dienone is 4. The molecular weight excluding hydrogens is 220 g/mol. The van der Waals surface area contributed by atoms with E-state index < -0.39 is 0 Å². The summed E-state index contributed by atoms with van der Waals surface area (Å²) in [6, 6.07) is 0. The molecule has 0 radical (unpaired) electrons. The van der Waals surface area contributed by atoms with Gasteiger partial charge in [-0.2, -0.15) is 0 Å². The molecule has 1 saturated heterocycles. The average molecular weight is 240 g/mol. The van der Waals surface area contributed by atoms with Crippen LogP contribution in [0.15, 0.2) is 24.3 Å². The first-order valence-corrected chi connectivity index (χ1v) is 8.10. The molecule has 84 valence electrons. The monoisotopic (exact) mass is 240 g/mol. The second-order valence-corrected chi connectivity index (χ2v) is 7.14. The highest BCUT2D eigenvalue weighted by Gasteiger charge is 2.17. The van der Waals surface area contributed by atoms with Gasteiger partial charge >= 0.3 is 0 Å². The zero-order valence-electron chi connectivity index (χ0n) is 9.23. The van der Waals surface area contributed by atoms with Gasteiger partial charge in [0.15, 0.2) is 0 Å². The lowest BCUT2D eigenvalue weighted by Crippen LogP contribution is -2.01. The van der Waals surface area contributed by atoms with E-state index in [0.717, 1.165) is 10.5 Å². The summed E-state index contributed by atoms with van der Waals surface area (Å²) in [4.78, 5) is 0. The first kappa shape index (κ1) is 11.7. The molecule has 1 fully saturated rings. The normalized spacial score (nSPS) is 32.1. The van der Waals surface area contributed by atoms with Crippen LogP contribution in [0, 0.1) is 5.92 Å². The van der Waals surface area contributed by atoms with E-state index in [9.17, 15) is 0 Å². The van der Waals surface area contributed by atoms with Gasteiger partial charge in [0.25, 0.3) is 0 Å². The molecule has 0 N–H and O–H groups in total. The summed E-state index contributed by atoms with van der Waals surface area (Å²) in [5, 5.41) is 0. The van der Waals surface area contributed by atoms with Crippen molar-refractivity contribution in [2.24, 2.45) is 5.92 Å². The molecule has 0 aromatic rings. The third-order valence-electron chi connectivity index (χ3n) is 2.98. The van der Waals surface area contributed by atoms with E-state index in [1.165, 1.54) is 43.6 Å². The van der Waals surface area contributed by atoms with Crippen molar-refractivity contribution in [1.82, 2.24) is 0 Å².